The molecule has 0 saturated carbocycles. The second-order valence-corrected chi connectivity index (χ2v) is 5.04. The van der Waals surface area contributed by atoms with Crippen molar-refractivity contribution in [3.63, 3.8) is 0 Å². The van der Waals surface area contributed by atoms with Crippen LogP contribution in [0.5, 0.6) is 11.5 Å². The smallest absolute Gasteiger partial charge is 0.186 e. The Morgan fingerprint density at radius 3 is 2.74 bits per heavy atom. The topological polar surface area (TPSA) is 54.9 Å². The van der Waals surface area contributed by atoms with Crippen LogP contribution in [0.2, 0.25) is 0 Å². The van der Waals surface area contributed by atoms with Gasteiger partial charge in [-0.25, -0.2) is 0 Å². The van der Waals surface area contributed by atoms with Gasteiger partial charge in [-0.2, -0.15) is 5.10 Å². The van der Waals surface area contributed by atoms with E-state index in [0.717, 1.165) is 21.4 Å². The fraction of sp³-hybridized carbons (Fsp3) is 0.333. The lowest BCUT2D eigenvalue weighted by Crippen LogP contribution is -2.31. The number of rotatable bonds is 5. The molecule has 0 heterocycles. The zero-order chi connectivity index (χ0) is 14.3. The van der Waals surface area contributed by atoms with Crippen LogP contribution < -0.4 is 20.2 Å². The van der Waals surface area contributed by atoms with E-state index in [1.54, 1.807) is 20.4 Å². The quantitative estimate of drug-likeness (QED) is 0.348. The molecule has 1 aromatic rings. The highest BCUT2D eigenvalue weighted by Crippen LogP contribution is 2.32. The number of benzene rings is 1. The van der Waals surface area contributed by atoms with Crippen molar-refractivity contribution in [3.05, 3.63) is 21.3 Å². The lowest BCUT2D eigenvalue weighted by atomic mass is 10.2. The molecule has 0 aliphatic carbocycles. The van der Waals surface area contributed by atoms with Gasteiger partial charge in [-0.05, 0) is 59.4 Å². The van der Waals surface area contributed by atoms with Crippen LogP contribution in [0.4, 0.5) is 0 Å². The highest BCUT2D eigenvalue weighted by molar-refractivity contribution is 14.1. The van der Waals surface area contributed by atoms with Gasteiger partial charge < -0.3 is 14.8 Å². The number of nitrogens with zero attached hydrogens (tertiary/aromatic N) is 1. The molecule has 104 valence electrons. The number of nitrogens with one attached hydrogen (secondary N) is 2. The number of ether oxygens (including phenoxy) is 2. The molecule has 0 aliphatic heterocycles. The highest BCUT2D eigenvalue weighted by Gasteiger charge is 2.09. The van der Waals surface area contributed by atoms with Gasteiger partial charge in [0.15, 0.2) is 16.6 Å². The average molecular weight is 393 g/mol. The van der Waals surface area contributed by atoms with Crippen LogP contribution >= 0.6 is 34.8 Å². The first-order valence-corrected chi connectivity index (χ1v) is 7.09. The van der Waals surface area contributed by atoms with E-state index in [-0.39, 0.29) is 0 Å². The summed E-state index contributed by atoms with van der Waals surface area (Å²) in [7, 11) is 3.22. The standard InChI is InChI=1S/C12H16IN3O2S/c1-4-14-12(19)16-15-7-8-5-9(13)11(18-3)10(6-8)17-2/h5-7H,4H2,1-3H3,(H2,14,16,19)/b15-7-. The molecule has 0 amide bonds. The summed E-state index contributed by atoms with van der Waals surface area (Å²) in [5.41, 5.74) is 3.63. The van der Waals surface area contributed by atoms with Gasteiger partial charge in [-0.3, -0.25) is 5.43 Å². The molecule has 1 rings (SSSR count). The van der Waals surface area contributed by atoms with Gasteiger partial charge in [0.1, 0.15) is 0 Å². The summed E-state index contributed by atoms with van der Waals surface area (Å²) in [6.07, 6.45) is 1.67. The second-order valence-electron chi connectivity index (χ2n) is 3.47. The van der Waals surface area contributed by atoms with Gasteiger partial charge in [0, 0.05) is 6.54 Å². The van der Waals surface area contributed by atoms with Crippen molar-refractivity contribution in [1.82, 2.24) is 10.7 Å². The first-order chi connectivity index (χ1) is 9.12. The Labute approximate surface area is 131 Å². The van der Waals surface area contributed by atoms with Gasteiger partial charge in [-0.15, -0.1) is 0 Å². The minimum Gasteiger partial charge on any atom is -0.493 e. The van der Waals surface area contributed by atoms with Crippen LogP contribution in [0.3, 0.4) is 0 Å². The molecule has 0 saturated heterocycles. The Balaban J connectivity index is 2.82. The summed E-state index contributed by atoms with van der Waals surface area (Å²) in [6.45, 7) is 2.73. The maximum atomic E-state index is 5.27. The van der Waals surface area contributed by atoms with Crippen LogP contribution in [0.15, 0.2) is 17.2 Å². The molecule has 0 atom stereocenters. The van der Waals surface area contributed by atoms with Gasteiger partial charge in [0.05, 0.1) is 24.0 Å². The summed E-state index contributed by atoms with van der Waals surface area (Å²) >= 11 is 7.19. The zero-order valence-corrected chi connectivity index (χ0v) is 14.0. The molecule has 0 aliphatic rings. The monoisotopic (exact) mass is 393 g/mol. The summed E-state index contributed by atoms with van der Waals surface area (Å²) in [5.74, 6) is 1.39. The molecule has 19 heavy (non-hydrogen) atoms. The molecule has 1 aromatic carbocycles. The third-order valence-electron chi connectivity index (χ3n) is 2.17. The van der Waals surface area contributed by atoms with E-state index in [9.17, 15) is 0 Å². The summed E-state index contributed by atoms with van der Waals surface area (Å²) in [5, 5.41) is 7.49. The van der Waals surface area contributed by atoms with Crippen LogP contribution in [-0.4, -0.2) is 32.1 Å². The lowest BCUT2D eigenvalue weighted by Gasteiger charge is -2.10. The first-order valence-electron chi connectivity index (χ1n) is 5.60. The molecule has 0 aromatic heterocycles. The fourth-order valence-electron chi connectivity index (χ4n) is 1.38. The molecule has 0 spiro atoms. The van der Waals surface area contributed by atoms with Gasteiger partial charge >= 0.3 is 0 Å². The first kappa shape index (κ1) is 16.0. The van der Waals surface area contributed by atoms with Crippen molar-refractivity contribution < 1.29 is 9.47 Å². The van der Waals surface area contributed by atoms with Crippen LogP contribution in [0.25, 0.3) is 0 Å². The number of hydrazone groups is 1. The Kier molecular flexibility index (Phi) is 6.85. The van der Waals surface area contributed by atoms with Gasteiger partial charge in [-0.1, -0.05) is 0 Å². The van der Waals surface area contributed by atoms with Crippen molar-refractivity contribution in [2.75, 3.05) is 20.8 Å². The molecule has 5 nitrogen and oxygen atoms in total. The van der Waals surface area contributed by atoms with E-state index in [1.807, 2.05) is 19.1 Å². The van der Waals surface area contributed by atoms with Gasteiger partial charge in [0.2, 0.25) is 0 Å². The van der Waals surface area contributed by atoms with Crippen LogP contribution in [-0.2, 0) is 0 Å². The Hall–Kier alpha value is -1.09. The Morgan fingerprint density at radius 1 is 1.42 bits per heavy atom. The molecule has 7 heteroatoms. The molecule has 0 bridgehead atoms. The molecular formula is C12H16IN3O2S. The Bertz CT molecular complexity index is 480. The van der Waals surface area contributed by atoms with E-state index in [2.05, 4.69) is 38.4 Å². The van der Waals surface area contributed by atoms with Crippen molar-refractivity contribution in [3.8, 4) is 11.5 Å². The van der Waals surface area contributed by atoms with Gasteiger partial charge in [0.25, 0.3) is 0 Å². The van der Waals surface area contributed by atoms with Crippen LogP contribution in [0.1, 0.15) is 12.5 Å². The summed E-state index contributed by atoms with van der Waals surface area (Å²) < 4.78 is 11.5. The lowest BCUT2D eigenvalue weighted by molar-refractivity contribution is 0.353. The van der Waals surface area contributed by atoms with E-state index >= 15 is 0 Å². The third kappa shape index (κ3) is 4.83. The third-order valence-corrected chi connectivity index (χ3v) is 3.21. The van der Waals surface area contributed by atoms with E-state index in [1.165, 1.54) is 0 Å². The van der Waals surface area contributed by atoms with Crippen molar-refractivity contribution >= 4 is 46.1 Å². The van der Waals surface area contributed by atoms with Crippen molar-refractivity contribution in [1.29, 1.82) is 0 Å². The highest BCUT2D eigenvalue weighted by atomic mass is 127. The number of halogens is 1. The molecule has 2 N–H and O–H groups in total. The maximum absolute atomic E-state index is 5.27. The minimum atomic E-state index is 0.494. The fourth-order valence-corrected chi connectivity index (χ4v) is 2.42. The maximum Gasteiger partial charge on any atom is 0.186 e. The number of hydrogen-bond acceptors (Lipinski definition) is 4. The minimum absolute atomic E-state index is 0.494. The predicted octanol–water partition coefficient (Wildman–Crippen LogP) is 2.13. The van der Waals surface area contributed by atoms with Crippen molar-refractivity contribution in [2.45, 2.75) is 6.92 Å². The molecule has 0 unspecified atom stereocenters. The van der Waals surface area contributed by atoms with E-state index < -0.39 is 0 Å². The van der Waals surface area contributed by atoms with Crippen LogP contribution in [0, 0.1) is 3.57 Å². The Morgan fingerprint density at radius 2 is 2.16 bits per heavy atom. The number of thiocarbonyl (C=S) groups is 1. The number of methoxy groups -OCH3 is 2. The summed E-state index contributed by atoms with van der Waals surface area (Å²) in [4.78, 5) is 0. The average Bonchev–Trinajstić information content (AvgIpc) is 2.38. The SMILES string of the molecule is CCNC(=S)N/N=C\c1cc(I)c(OC)c(OC)c1. The largest absolute Gasteiger partial charge is 0.493 e. The predicted molar refractivity (Wildman–Crippen MR) is 89.3 cm³/mol. The summed E-state index contributed by atoms with van der Waals surface area (Å²) in [6, 6.07) is 3.80. The molecule has 0 fully saturated rings. The van der Waals surface area contributed by atoms with Crippen molar-refractivity contribution in [2.24, 2.45) is 5.10 Å². The second kappa shape index (κ2) is 8.16. The van der Waals surface area contributed by atoms with E-state index in [4.69, 9.17) is 21.7 Å². The molecule has 0 radical (unpaired) electrons. The van der Waals surface area contributed by atoms with E-state index in [0.29, 0.717) is 10.9 Å². The molecular weight excluding hydrogens is 377 g/mol. The zero-order valence-electron chi connectivity index (χ0n) is 11.0. The normalized spacial score (nSPS) is 10.3. The number of hydrogen-bond donors (Lipinski definition) is 2.